The molecule has 49 heavy (non-hydrogen) atoms. The van der Waals surface area contributed by atoms with Gasteiger partial charge < -0.3 is 29.2 Å². The molecule has 1 saturated heterocycles. The lowest BCUT2D eigenvalue weighted by Crippen LogP contribution is -2.44. The van der Waals surface area contributed by atoms with Crippen LogP contribution in [0.3, 0.4) is 0 Å². The van der Waals surface area contributed by atoms with Crippen molar-refractivity contribution in [2.24, 2.45) is 11.8 Å². The average Bonchev–Trinajstić information content (AvgIpc) is 3.74. The predicted octanol–water partition coefficient (Wildman–Crippen LogP) is 3.90. The molecular weight excluding hydrogens is 639 g/mol. The molecule has 2 aromatic rings. The Balaban J connectivity index is 1.54. The molecule has 14 heteroatoms. The van der Waals surface area contributed by atoms with Crippen LogP contribution >= 0.6 is 0 Å². The standard InChI is InChI=1S/C35H41FN4O9/c1-21-6-4-14-37-30(43)13-8-22(2)32(23(3)19-48-35(46)38-25-11-9-24(36)10-12-25)49-34(45)29-7-5-15-40(29)33(44)28-20-47-31(39-28)18-27(42)17-26(41)16-21/h4,6,8-13,16,20,22-23,26,29,32,41H,5,7,14-15,17-19H2,1-3H3,(H,37,43)(H,38,46)/b6-4?,13-8+,21-16?/t22-,23-,26-,29-,32+/m1/s1. The number of nitrogens with one attached hydrogen (secondary N) is 2. The van der Waals surface area contributed by atoms with Crippen LogP contribution in [0.4, 0.5) is 14.9 Å². The maximum absolute atomic E-state index is 13.6. The van der Waals surface area contributed by atoms with Crippen molar-refractivity contribution in [3.63, 3.8) is 0 Å². The van der Waals surface area contributed by atoms with Crippen LogP contribution in [-0.2, 0) is 30.3 Å². The summed E-state index contributed by atoms with van der Waals surface area (Å²) >= 11 is 0. The molecular formula is C35H41FN4O9. The summed E-state index contributed by atoms with van der Waals surface area (Å²) in [5.74, 6) is -3.55. The van der Waals surface area contributed by atoms with Crippen LogP contribution < -0.4 is 10.6 Å². The SMILES string of the molecule is CC1=C[C@@H](O)CC(=O)Cc2nc(co2)C(=O)N2CCC[C@@H]2C(=O)O[C@H]([C@H](C)COC(=O)Nc2ccc(F)cc2)[C@H](C)/C=C/C(=O)NCC=C1. The first-order valence-electron chi connectivity index (χ1n) is 16.1. The highest BCUT2D eigenvalue weighted by atomic mass is 19.1. The zero-order chi connectivity index (χ0) is 35.5. The minimum absolute atomic E-state index is 0.00608. The molecule has 4 rings (SSSR count). The van der Waals surface area contributed by atoms with E-state index in [1.807, 2.05) is 0 Å². The number of amides is 3. The van der Waals surface area contributed by atoms with Gasteiger partial charge in [0.1, 0.15) is 30.0 Å². The summed E-state index contributed by atoms with van der Waals surface area (Å²) < 4.78 is 30.0. The van der Waals surface area contributed by atoms with E-state index in [4.69, 9.17) is 13.9 Å². The molecule has 1 aromatic heterocycles. The lowest BCUT2D eigenvalue weighted by Gasteiger charge is -2.30. The molecule has 2 aliphatic rings. The van der Waals surface area contributed by atoms with E-state index in [0.717, 1.165) is 6.26 Å². The smallest absolute Gasteiger partial charge is 0.411 e. The Kier molecular flexibility index (Phi) is 13.0. The topological polar surface area (TPSA) is 177 Å². The van der Waals surface area contributed by atoms with E-state index in [-0.39, 0.29) is 49.9 Å². The van der Waals surface area contributed by atoms with Gasteiger partial charge in [0, 0.05) is 37.0 Å². The van der Waals surface area contributed by atoms with Gasteiger partial charge in [0.25, 0.3) is 5.91 Å². The van der Waals surface area contributed by atoms with Crippen molar-refractivity contribution in [1.82, 2.24) is 15.2 Å². The number of nitrogens with zero attached hydrogens (tertiary/aromatic N) is 2. The molecule has 13 nitrogen and oxygen atoms in total. The molecule has 5 atom stereocenters. The second-order valence-corrected chi connectivity index (χ2v) is 12.2. The third-order valence-electron chi connectivity index (χ3n) is 8.02. The fourth-order valence-corrected chi connectivity index (χ4v) is 5.54. The van der Waals surface area contributed by atoms with Crippen molar-refractivity contribution in [1.29, 1.82) is 0 Å². The monoisotopic (exact) mass is 680 g/mol. The number of ketones is 1. The molecule has 3 N–H and O–H groups in total. The van der Waals surface area contributed by atoms with Gasteiger partial charge in [-0.1, -0.05) is 43.7 Å². The molecule has 0 saturated carbocycles. The molecule has 0 aliphatic carbocycles. The van der Waals surface area contributed by atoms with Crippen LogP contribution in [0.2, 0.25) is 0 Å². The minimum Gasteiger partial charge on any atom is -0.460 e. The number of ether oxygens (including phenoxy) is 2. The van der Waals surface area contributed by atoms with E-state index in [2.05, 4.69) is 15.6 Å². The zero-order valence-corrected chi connectivity index (χ0v) is 27.6. The molecule has 1 aromatic carbocycles. The van der Waals surface area contributed by atoms with Gasteiger partial charge in [-0.05, 0) is 50.1 Å². The summed E-state index contributed by atoms with van der Waals surface area (Å²) in [5.41, 5.74) is 0.927. The second kappa shape index (κ2) is 17.3. The fourth-order valence-electron chi connectivity index (χ4n) is 5.54. The minimum atomic E-state index is -1.06. The average molecular weight is 681 g/mol. The number of aliphatic hydroxyl groups is 1. The molecule has 2 bridgehead atoms. The third-order valence-corrected chi connectivity index (χ3v) is 8.02. The van der Waals surface area contributed by atoms with E-state index < -0.39 is 59.8 Å². The number of hydrogen-bond donors (Lipinski definition) is 3. The Morgan fingerprint density at radius 1 is 1.20 bits per heavy atom. The normalized spacial score (nSPS) is 24.3. The Bertz CT molecular complexity index is 1600. The Hall–Kier alpha value is -5.11. The van der Waals surface area contributed by atoms with E-state index in [1.165, 1.54) is 41.3 Å². The van der Waals surface area contributed by atoms with Gasteiger partial charge in [-0.3, -0.25) is 19.7 Å². The summed E-state index contributed by atoms with van der Waals surface area (Å²) in [6.45, 7) is 5.47. The van der Waals surface area contributed by atoms with Crippen LogP contribution in [0.15, 0.2) is 70.9 Å². The molecule has 0 unspecified atom stereocenters. The van der Waals surface area contributed by atoms with Crippen LogP contribution in [0, 0.1) is 17.7 Å². The maximum Gasteiger partial charge on any atom is 0.411 e. The van der Waals surface area contributed by atoms with Crippen molar-refractivity contribution in [2.45, 2.75) is 64.7 Å². The number of cyclic esters (lactones) is 1. The first-order valence-corrected chi connectivity index (χ1v) is 16.1. The van der Waals surface area contributed by atoms with Crippen LogP contribution in [0.1, 0.15) is 56.4 Å². The number of hydrogen-bond acceptors (Lipinski definition) is 10. The third kappa shape index (κ3) is 11.0. The number of aliphatic hydroxyl groups excluding tert-OH is 1. The van der Waals surface area contributed by atoms with Gasteiger partial charge in [0.05, 0.1) is 19.1 Å². The van der Waals surface area contributed by atoms with Crippen molar-refractivity contribution >= 4 is 35.3 Å². The lowest BCUT2D eigenvalue weighted by atomic mass is 9.93. The number of halogens is 1. The first kappa shape index (κ1) is 36.7. The van der Waals surface area contributed by atoms with Gasteiger partial charge in [-0.25, -0.2) is 19.0 Å². The van der Waals surface area contributed by atoms with Crippen molar-refractivity contribution in [3.05, 3.63) is 83.9 Å². The number of oxazole rings is 1. The number of allylic oxidation sites excluding steroid dienone is 2. The number of carbonyl (C=O) groups excluding carboxylic acids is 5. The molecule has 3 heterocycles. The second-order valence-electron chi connectivity index (χ2n) is 12.2. The molecule has 1 fully saturated rings. The number of anilines is 1. The molecule has 3 amide bonds. The molecule has 0 radical (unpaired) electrons. The Morgan fingerprint density at radius 2 is 1.96 bits per heavy atom. The zero-order valence-electron chi connectivity index (χ0n) is 27.6. The number of rotatable bonds is 4. The largest absolute Gasteiger partial charge is 0.460 e. The summed E-state index contributed by atoms with van der Waals surface area (Å²) in [6, 6.07) is 4.20. The summed E-state index contributed by atoms with van der Waals surface area (Å²) in [5, 5.41) is 15.6. The number of fused-ring (bicyclic) bond motifs is 3. The van der Waals surface area contributed by atoms with E-state index in [1.54, 1.807) is 39.0 Å². The summed E-state index contributed by atoms with van der Waals surface area (Å²) in [4.78, 5) is 70.1. The van der Waals surface area contributed by atoms with E-state index >= 15 is 0 Å². The molecule has 262 valence electrons. The van der Waals surface area contributed by atoms with E-state index in [9.17, 15) is 33.5 Å². The van der Waals surface area contributed by atoms with Crippen LogP contribution in [0.5, 0.6) is 0 Å². The number of carbonyl (C=O) groups is 5. The van der Waals surface area contributed by atoms with Crippen LogP contribution in [0.25, 0.3) is 0 Å². The van der Waals surface area contributed by atoms with E-state index in [0.29, 0.717) is 24.1 Å². The predicted molar refractivity (Wildman–Crippen MR) is 175 cm³/mol. The first-order chi connectivity index (χ1) is 23.4. The Labute approximate surface area is 283 Å². The van der Waals surface area contributed by atoms with Gasteiger partial charge in [0.15, 0.2) is 5.69 Å². The lowest BCUT2D eigenvalue weighted by molar-refractivity contribution is -0.159. The summed E-state index contributed by atoms with van der Waals surface area (Å²) in [6.07, 6.45) is 6.60. The van der Waals surface area contributed by atoms with Gasteiger partial charge in [0.2, 0.25) is 11.8 Å². The van der Waals surface area contributed by atoms with Crippen molar-refractivity contribution < 1.29 is 47.4 Å². The van der Waals surface area contributed by atoms with Gasteiger partial charge in [-0.15, -0.1) is 0 Å². The number of esters is 1. The van der Waals surface area contributed by atoms with Crippen LogP contribution in [-0.4, -0.2) is 82.6 Å². The summed E-state index contributed by atoms with van der Waals surface area (Å²) in [7, 11) is 0. The van der Waals surface area contributed by atoms with Crippen molar-refractivity contribution in [2.75, 3.05) is 25.0 Å². The van der Waals surface area contributed by atoms with Crippen molar-refractivity contribution in [3.8, 4) is 0 Å². The highest BCUT2D eigenvalue weighted by Gasteiger charge is 2.39. The quantitative estimate of drug-likeness (QED) is 0.402. The highest BCUT2D eigenvalue weighted by molar-refractivity contribution is 5.95. The Morgan fingerprint density at radius 3 is 2.71 bits per heavy atom. The number of Topliss-reactive ketones (excluding diaryl/α,β-unsaturated/α-hetero) is 1. The van der Waals surface area contributed by atoms with Gasteiger partial charge in [-0.2, -0.15) is 0 Å². The highest BCUT2D eigenvalue weighted by Crippen LogP contribution is 2.26. The maximum atomic E-state index is 13.6. The number of aromatic nitrogens is 1. The van der Waals surface area contributed by atoms with Gasteiger partial charge >= 0.3 is 12.1 Å². The molecule has 2 aliphatic heterocycles. The fraction of sp³-hybridized carbons (Fsp3) is 0.429. The number of benzene rings is 1. The molecule has 0 spiro atoms.